The fourth-order valence-electron chi connectivity index (χ4n) is 4.00. The Hall–Kier alpha value is -3.24. The molecular formula is C24H21BrN2O4. The summed E-state index contributed by atoms with van der Waals surface area (Å²) in [5.74, 6) is 1.42. The van der Waals surface area contributed by atoms with Gasteiger partial charge in [0, 0.05) is 24.0 Å². The van der Waals surface area contributed by atoms with Gasteiger partial charge in [-0.2, -0.15) is 5.26 Å². The summed E-state index contributed by atoms with van der Waals surface area (Å²) in [5.41, 5.74) is 8.39. The second kappa shape index (κ2) is 8.86. The van der Waals surface area contributed by atoms with E-state index in [4.69, 9.17) is 19.9 Å². The van der Waals surface area contributed by atoms with Crippen LogP contribution in [0.15, 0.2) is 69.7 Å². The Labute approximate surface area is 189 Å². The Balaban J connectivity index is 1.74. The summed E-state index contributed by atoms with van der Waals surface area (Å²) < 4.78 is 18.0. The van der Waals surface area contributed by atoms with E-state index in [1.807, 2.05) is 42.5 Å². The lowest BCUT2D eigenvalue weighted by Gasteiger charge is -2.31. The number of nitrogens with zero attached hydrogens (tertiary/aromatic N) is 1. The molecule has 0 fully saturated rings. The molecule has 0 saturated carbocycles. The van der Waals surface area contributed by atoms with Gasteiger partial charge in [0.1, 0.15) is 35.5 Å². The molecule has 0 saturated heterocycles. The number of rotatable bonds is 5. The van der Waals surface area contributed by atoms with E-state index in [0.29, 0.717) is 42.1 Å². The number of carbonyl (C=O) groups excluding carboxylic acids is 1. The van der Waals surface area contributed by atoms with Crippen LogP contribution >= 0.6 is 15.9 Å². The van der Waals surface area contributed by atoms with Gasteiger partial charge in [-0.3, -0.25) is 4.79 Å². The van der Waals surface area contributed by atoms with Crippen LogP contribution in [-0.4, -0.2) is 12.9 Å². The molecule has 0 bridgehead atoms. The molecular weight excluding hydrogens is 460 g/mol. The molecule has 2 aliphatic rings. The quantitative estimate of drug-likeness (QED) is 0.656. The second-order valence-corrected chi connectivity index (χ2v) is 8.18. The van der Waals surface area contributed by atoms with E-state index in [0.717, 1.165) is 15.6 Å². The number of allylic oxidation sites excluding steroid dienone is 3. The molecule has 0 radical (unpaired) electrons. The third-order valence-electron chi connectivity index (χ3n) is 5.46. The van der Waals surface area contributed by atoms with Crippen molar-refractivity contribution in [2.75, 3.05) is 7.11 Å². The normalized spacial score (nSPS) is 18.2. The highest BCUT2D eigenvalue weighted by Gasteiger charge is 2.38. The van der Waals surface area contributed by atoms with E-state index >= 15 is 0 Å². The summed E-state index contributed by atoms with van der Waals surface area (Å²) in [4.78, 5) is 12.8. The zero-order valence-corrected chi connectivity index (χ0v) is 18.6. The number of ether oxygens (including phenoxy) is 3. The summed E-state index contributed by atoms with van der Waals surface area (Å²) in [6, 6.07) is 15.3. The van der Waals surface area contributed by atoms with Gasteiger partial charge < -0.3 is 19.9 Å². The molecule has 0 aromatic heterocycles. The number of methoxy groups -OCH3 is 1. The molecule has 1 atom stereocenters. The first-order valence-electron chi connectivity index (χ1n) is 9.91. The van der Waals surface area contributed by atoms with Crippen molar-refractivity contribution in [2.45, 2.75) is 31.8 Å². The first-order chi connectivity index (χ1) is 15.0. The minimum atomic E-state index is -0.560. The zero-order chi connectivity index (χ0) is 22.0. The first kappa shape index (κ1) is 21.0. The van der Waals surface area contributed by atoms with Gasteiger partial charge in [0.15, 0.2) is 5.78 Å². The highest BCUT2D eigenvalue weighted by Crippen LogP contribution is 2.44. The molecule has 6 nitrogen and oxygen atoms in total. The molecule has 0 spiro atoms. The van der Waals surface area contributed by atoms with Gasteiger partial charge in [0.2, 0.25) is 5.88 Å². The number of ketones is 1. The minimum Gasteiger partial charge on any atom is -0.496 e. The molecule has 7 heteroatoms. The van der Waals surface area contributed by atoms with Crippen molar-refractivity contribution >= 4 is 21.7 Å². The first-order valence-corrected chi connectivity index (χ1v) is 10.7. The van der Waals surface area contributed by atoms with Crippen molar-refractivity contribution in [2.24, 2.45) is 5.73 Å². The fourth-order valence-corrected chi connectivity index (χ4v) is 4.40. The second-order valence-electron chi connectivity index (χ2n) is 7.33. The minimum absolute atomic E-state index is 0.00617. The highest BCUT2D eigenvalue weighted by atomic mass is 79.9. The average Bonchev–Trinajstić information content (AvgIpc) is 2.77. The summed E-state index contributed by atoms with van der Waals surface area (Å²) in [5, 5.41) is 9.77. The number of Topliss-reactive ketones (excluding diaryl/α,β-unsaturated/α-hetero) is 1. The van der Waals surface area contributed by atoms with Crippen LogP contribution in [0.1, 0.15) is 36.3 Å². The summed E-state index contributed by atoms with van der Waals surface area (Å²) in [6.07, 6.45) is 1.78. The number of para-hydroxylation sites is 1. The molecule has 158 valence electrons. The van der Waals surface area contributed by atoms with Crippen molar-refractivity contribution in [3.8, 4) is 17.6 Å². The molecule has 0 amide bonds. The van der Waals surface area contributed by atoms with Gasteiger partial charge in [-0.25, -0.2) is 0 Å². The molecule has 1 aliphatic heterocycles. The largest absolute Gasteiger partial charge is 0.496 e. The molecule has 31 heavy (non-hydrogen) atoms. The van der Waals surface area contributed by atoms with Crippen LogP contribution in [-0.2, 0) is 16.1 Å². The number of nitrogens with two attached hydrogens (primary N) is 1. The predicted octanol–water partition coefficient (Wildman–Crippen LogP) is 4.85. The van der Waals surface area contributed by atoms with E-state index in [1.165, 1.54) is 0 Å². The number of nitriles is 1. The monoisotopic (exact) mass is 480 g/mol. The van der Waals surface area contributed by atoms with Gasteiger partial charge in [0.25, 0.3) is 0 Å². The fraction of sp³-hybridized carbons (Fsp3) is 0.250. The number of benzene rings is 2. The number of carbonyl (C=O) groups is 1. The molecule has 2 N–H and O–H groups in total. The summed E-state index contributed by atoms with van der Waals surface area (Å²) >= 11 is 3.48. The Morgan fingerprint density at radius 3 is 2.77 bits per heavy atom. The number of hydrogen-bond donors (Lipinski definition) is 1. The number of hydrogen-bond acceptors (Lipinski definition) is 6. The van der Waals surface area contributed by atoms with Gasteiger partial charge in [-0.05, 0) is 52.2 Å². The average molecular weight is 481 g/mol. The Bertz CT molecular complexity index is 1150. The van der Waals surface area contributed by atoms with Crippen molar-refractivity contribution in [1.82, 2.24) is 0 Å². The van der Waals surface area contributed by atoms with E-state index < -0.39 is 5.92 Å². The maximum absolute atomic E-state index is 12.8. The Morgan fingerprint density at radius 1 is 1.23 bits per heavy atom. The van der Waals surface area contributed by atoms with Crippen LogP contribution in [0.5, 0.6) is 11.5 Å². The third-order valence-corrected chi connectivity index (χ3v) is 6.12. The van der Waals surface area contributed by atoms with Gasteiger partial charge >= 0.3 is 0 Å². The van der Waals surface area contributed by atoms with Crippen molar-refractivity contribution < 1.29 is 19.0 Å². The van der Waals surface area contributed by atoms with Crippen LogP contribution in [0.2, 0.25) is 0 Å². The van der Waals surface area contributed by atoms with Crippen molar-refractivity contribution in [1.29, 1.82) is 5.26 Å². The SMILES string of the molecule is COc1ccc([C@@H]2C(C#N)=C(N)OC3=C2C(=O)CCC3)cc1COc1ccccc1Br. The zero-order valence-electron chi connectivity index (χ0n) is 17.0. The van der Waals surface area contributed by atoms with Crippen LogP contribution in [0.25, 0.3) is 0 Å². The van der Waals surface area contributed by atoms with Crippen LogP contribution in [0, 0.1) is 11.3 Å². The van der Waals surface area contributed by atoms with Gasteiger partial charge in [0.05, 0.1) is 17.5 Å². The maximum Gasteiger partial charge on any atom is 0.205 e. The molecule has 2 aromatic carbocycles. The molecule has 1 heterocycles. The highest BCUT2D eigenvalue weighted by molar-refractivity contribution is 9.10. The van der Waals surface area contributed by atoms with Crippen LogP contribution < -0.4 is 15.2 Å². The van der Waals surface area contributed by atoms with Crippen molar-refractivity contribution in [3.63, 3.8) is 0 Å². The van der Waals surface area contributed by atoms with E-state index in [-0.39, 0.29) is 23.8 Å². The lowest BCUT2D eigenvalue weighted by atomic mass is 9.77. The lowest BCUT2D eigenvalue weighted by molar-refractivity contribution is -0.116. The molecule has 4 rings (SSSR count). The third kappa shape index (κ3) is 4.04. The Kier molecular flexibility index (Phi) is 6.01. The van der Waals surface area contributed by atoms with Gasteiger partial charge in [-0.1, -0.05) is 18.2 Å². The van der Waals surface area contributed by atoms with Crippen LogP contribution in [0.4, 0.5) is 0 Å². The summed E-state index contributed by atoms with van der Waals surface area (Å²) in [6.45, 7) is 0.254. The van der Waals surface area contributed by atoms with Crippen LogP contribution in [0.3, 0.4) is 0 Å². The number of halogens is 1. The topological polar surface area (TPSA) is 94.6 Å². The van der Waals surface area contributed by atoms with Gasteiger partial charge in [-0.15, -0.1) is 0 Å². The van der Waals surface area contributed by atoms with Crippen molar-refractivity contribution in [3.05, 3.63) is 80.9 Å². The maximum atomic E-state index is 12.8. The predicted molar refractivity (Wildman–Crippen MR) is 118 cm³/mol. The molecule has 1 aliphatic carbocycles. The van der Waals surface area contributed by atoms with E-state index in [1.54, 1.807) is 7.11 Å². The smallest absolute Gasteiger partial charge is 0.205 e. The Morgan fingerprint density at radius 2 is 2.03 bits per heavy atom. The van der Waals surface area contributed by atoms with E-state index in [2.05, 4.69) is 22.0 Å². The molecule has 2 aromatic rings. The standard InChI is InChI=1S/C24H21BrN2O4/c1-29-19-10-9-14(11-15(19)13-30-20-7-3-2-5-17(20)25)22-16(12-26)24(27)31-21-8-4-6-18(28)23(21)22/h2-3,5,7,9-11,22H,4,6,8,13,27H2,1H3/t22-/m1/s1. The summed E-state index contributed by atoms with van der Waals surface area (Å²) in [7, 11) is 1.59. The van der Waals surface area contributed by atoms with E-state index in [9.17, 15) is 10.1 Å². The molecule has 0 unspecified atom stereocenters. The lowest BCUT2D eigenvalue weighted by Crippen LogP contribution is -2.27.